The number of hydrogen-bond acceptors (Lipinski definition) is 3. The first-order valence-electron chi connectivity index (χ1n) is 8.11. The monoisotopic (exact) mass is 284 g/mol. The second kappa shape index (κ2) is 14.8. The molecule has 0 saturated carbocycles. The van der Waals surface area contributed by atoms with Crippen LogP contribution in [0.15, 0.2) is 0 Å². The van der Waals surface area contributed by atoms with Gasteiger partial charge in [0, 0.05) is 12.8 Å². The average Bonchev–Trinajstić information content (AvgIpc) is 2.44. The number of hydrogen-bond donors (Lipinski definition) is 3. The Labute approximate surface area is 124 Å². The Balaban J connectivity index is 3.15. The van der Waals surface area contributed by atoms with Gasteiger partial charge in [-0.3, -0.25) is 0 Å². The molecule has 0 aromatic heterocycles. The molecule has 0 unspecified atom stereocenters. The van der Waals surface area contributed by atoms with Gasteiger partial charge in [0.05, 0.1) is 18.8 Å². The molecule has 0 aromatic carbocycles. The average molecular weight is 284 g/mol. The highest BCUT2D eigenvalue weighted by Gasteiger charge is 2.10. The third kappa shape index (κ3) is 13.9. The maximum absolute atomic E-state index is 9.61. The summed E-state index contributed by atoms with van der Waals surface area (Å²) in [4.78, 5) is 0. The minimum atomic E-state index is -0.778. The molecular weight excluding hydrogens is 252 g/mol. The zero-order valence-corrected chi connectivity index (χ0v) is 12.8. The van der Waals surface area contributed by atoms with Crippen LogP contribution < -0.4 is 0 Å². The Hall–Kier alpha value is -0.560. The Bertz CT molecular complexity index is 235. The molecule has 0 spiro atoms. The van der Waals surface area contributed by atoms with E-state index in [0.29, 0.717) is 0 Å². The van der Waals surface area contributed by atoms with Crippen LogP contribution in [0.1, 0.15) is 77.0 Å². The Morgan fingerprint density at radius 2 is 1.25 bits per heavy atom. The quantitative estimate of drug-likeness (QED) is 0.339. The van der Waals surface area contributed by atoms with Crippen molar-refractivity contribution in [2.75, 3.05) is 6.61 Å². The fourth-order valence-corrected chi connectivity index (χ4v) is 2.35. The first-order valence-corrected chi connectivity index (χ1v) is 8.11. The summed E-state index contributed by atoms with van der Waals surface area (Å²) in [6.45, 7) is -0.265. The van der Waals surface area contributed by atoms with Crippen LogP contribution in [0.4, 0.5) is 0 Å². The van der Waals surface area contributed by atoms with Gasteiger partial charge in [0.1, 0.15) is 0 Å². The molecule has 0 saturated heterocycles. The van der Waals surface area contributed by atoms with E-state index in [-0.39, 0.29) is 13.0 Å². The van der Waals surface area contributed by atoms with Crippen LogP contribution >= 0.6 is 0 Å². The fourth-order valence-electron chi connectivity index (χ4n) is 2.35. The fraction of sp³-hybridized carbons (Fsp3) is 0.882. The van der Waals surface area contributed by atoms with Crippen molar-refractivity contribution >= 4 is 0 Å². The zero-order chi connectivity index (χ0) is 15.1. The molecule has 3 N–H and O–H groups in total. The number of unbranched alkanes of at least 4 members (excludes halogenated alkanes) is 9. The maximum Gasteiger partial charge on any atom is 0.0795 e. The molecule has 3 nitrogen and oxygen atoms in total. The highest BCUT2D eigenvalue weighted by molar-refractivity contribution is 4.82. The second-order valence-corrected chi connectivity index (χ2v) is 5.65. The van der Waals surface area contributed by atoms with E-state index in [1.54, 1.807) is 0 Å². The third-order valence-electron chi connectivity index (χ3n) is 3.61. The molecule has 3 heteroatoms. The molecule has 0 heterocycles. The summed E-state index contributed by atoms with van der Waals surface area (Å²) in [6, 6.07) is 0. The molecule has 0 aliphatic rings. The van der Waals surface area contributed by atoms with Crippen molar-refractivity contribution in [3.05, 3.63) is 0 Å². The van der Waals surface area contributed by atoms with Crippen molar-refractivity contribution < 1.29 is 15.3 Å². The predicted molar refractivity (Wildman–Crippen MR) is 83.3 cm³/mol. The van der Waals surface area contributed by atoms with Crippen LogP contribution in [0.2, 0.25) is 0 Å². The highest BCUT2D eigenvalue weighted by Crippen LogP contribution is 2.13. The van der Waals surface area contributed by atoms with Gasteiger partial charge in [-0.25, -0.2) is 0 Å². The van der Waals surface area contributed by atoms with Gasteiger partial charge in [-0.1, -0.05) is 51.4 Å². The van der Waals surface area contributed by atoms with Crippen LogP contribution in [0.3, 0.4) is 0 Å². The smallest absolute Gasteiger partial charge is 0.0795 e. The molecule has 20 heavy (non-hydrogen) atoms. The van der Waals surface area contributed by atoms with Crippen LogP contribution in [0.25, 0.3) is 0 Å². The van der Waals surface area contributed by atoms with Crippen molar-refractivity contribution in [2.24, 2.45) is 0 Å². The SMILES string of the molecule is C#CCCCCCCCCCCC[C@@H](O)C[C@@H](O)CO. The van der Waals surface area contributed by atoms with E-state index in [1.807, 2.05) is 0 Å². The van der Waals surface area contributed by atoms with E-state index in [4.69, 9.17) is 11.5 Å². The topological polar surface area (TPSA) is 60.7 Å². The summed E-state index contributed by atoms with van der Waals surface area (Å²) in [5.74, 6) is 2.67. The Morgan fingerprint density at radius 3 is 1.75 bits per heavy atom. The molecule has 0 bridgehead atoms. The van der Waals surface area contributed by atoms with Crippen LogP contribution in [0, 0.1) is 12.3 Å². The summed E-state index contributed by atoms with van der Waals surface area (Å²) in [5.41, 5.74) is 0. The molecule has 0 radical (unpaired) electrons. The van der Waals surface area contributed by atoms with Gasteiger partial charge in [0.15, 0.2) is 0 Å². The normalized spacial score (nSPS) is 13.9. The lowest BCUT2D eigenvalue weighted by atomic mass is 10.0. The lowest BCUT2D eigenvalue weighted by Gasteiger charge is -2.13. The van der Waals surface area contributed by atoms with Crippen molar-refractivity contribution in [3.63, 3.8) is 0 Å². The molecule has 0 aromatic rings. The summed E-state index contributed by atoms with van der Waals surface area (Å²) < 4.78 is 0. The molecule has 0 amide bonds. The number of terminal acetylenes is 1. The largest absolute Gasteiger partial charge is 0.394 e. The second-order valence-electron chi connectivity index (χ2n) is 5.65. The Kier molecular flexibility index (Phi) is 14.4. The molecule has 0 aliphatic carbocycles. The summed E-state index contributed by atoms with van der Waals surface area (Å²) in [7, 11) is 0. The molecule has 2 atom stereocenters. The maximum atomic E-state index is 9.61. The standard InChI is InChI=1S/C17H32O3/c1-2-3-4-5-6-7-8-9-10-11-12-13-16(19)14-17(20)15-18/h1,16-20H,3-15H2/t16-,17-/m1/s1. The van der Waals surface area contributed by atoms with Gasteiger partial charge in [-0.05, 0) is 12.8 Å². The van der Waals surface area contributed by atoms with E-state index < -0.39 is 12.2 Å². The first-order chi connectivity index (χ1) is 9.70. The van der Waals surface area contributed by atoms with Crippen molar-refractivity contribution in [1.82, 2.24) is 0 Å². The minimum absolute atomic E-state index is 0.265. The van der Waals surface area contributed by atoms with Crippen molar-refractivity contribution in [2.45, 2.75) is 89.3 Å². The first kappa shape index (κ1) is 19.4. The minimum Gasteiger partial charge on any atom is -0.394 e. The van der Waals surface area contributed by atoms with E-state index in [2.05, 4.69) is 5.92 Å². The van der Waals surface area contributed by atoms with E-state index in [1.165, 1.54) is 38.5 Å². The predicted octanol–water partition coefficient (Wildman–Crippen LogP) is 3.01. The van der Waals surface area contributed by atoms with E-state index in [0.717, 1.165) is 32.1 Å². The van der Waals surface area contributed by atoms with Gasteiger partial charge in [-0.15, -0.1) is 12.3 Å². The number of aliphatic hydroxyl groups excluding tert-OH is 3. The molecule has 118 valence electrons. The van der Waals surface area contributed by atoms with Crippen LogP contribution in [0.5, 0.6) is 0 Å². The Morgan fingerprint density at radius 1 is 0.750 bits per heavy atom. The number of aliphatic hydroxyl groups is 3. The van der Waals surface area contributed by atoms with Gasteiger partial charge in [0.2, 0.25) is 0 Å². The van der Waals surface area contributed by atoms with Crippen LogP contribution in [-0.4, -0.2) is 34.1 Å². The van der Waals surface area contributed by atoms with Crippen LogP contribution in [-0.2, 0) is 0 Å². The lowest BCUT2D eigenvalue weighted by Crippen LogP contribution is -2.20. The van der Waals surface area contributed by atoms with Crippen molar-refractivity contribution in [3.8, 4) is 12.3 Å². The van der Waals surface area contributed by atoms with Crippen molar-refractivity contribution in [1.29, 1.82) is 0 Å². The van der Waals surface area contributed by atoms with E-state index in [9.17, 15) is 10.2 Å². The summed E-state index contributed by atoms with van der Waals surface area (Å²) in [5, 5.41) is 27.5. The summed E-state index contributed by atoms with van der Waals surface area (Å²) >= 11 is 0. The third-order valence-corrected chi connectivity index (χ3v) is 3.61. The highest BCUT2D eigenvalue weighted by atomic mass is 16.3. The van der Waals surface area contributed by atoms with Gasteiger partial charge >= 0.3 is 0 Å². The number of rotatable bonds is 14. The molecule has 0 aliphatic heterocycles. The lowest BCUT2D eigenvalue weighted by molar-refractivity contribution is 0.0380. The van der Waals surface area contributed by atoms with Gasteiger partial charge in [0.25, 0.3) is 0 Å². The zero-order valence-electron chi connectivity index (χ0n) is 12.8. The molecule has 0 fully saturated rings. The molecular formula is C17H32O3. The van der Waals surface area contributed by atoms with Gasteiger partial charge < -0.3 is 15.3 Å². The summed E-state index contributed by atoms with van der Waals surface area (Å²) in [6.07, 6.45) is 16.8. The molecule has 0 rings (SSSR count). The van der Waals surface area contributed by atoms with Gasteiger partial charge in [-0.2, -0.15) is 0 Å². The van der Waals surface area contributed by atoms with E-state index >= 15 is 0 Å².